The van der Waals surface area contributed by atoms with Crippen LogP contribution in [0.3, 0.4) is 0 Å². The summed E-state index contributed by atoms with van der Waals surface area (Å²) in [4.78, 5) is 15.5. The SMILES string of the molecule is CC(Sc1nnc(N2CCOCC2)n1-c1cccc(F)c1)C(=O)NC12CC3CC(CC(C3)C1)C2. The molecule has 1 aromatic carbocycles. The van der Waals surface area contributed by atoms with Crippen LogP contribution in [0.1, 0.15) is 45.4 Å². The standard InChI is InChI=1S/C25H32FN5O2S/c1-16(22(32)27-25-13-17-9-18(14-25)11-19(10-17)15-25)34-24-29-28-23(30-5-7-33-8-6-30)31(24)21-4-2-3-20(26)12-21/h2-4,12,16-19H,5-11,13-15H2,1H3,(H,27,32). The quantitative estimate of drug-likeness (QED) is 0.628. The molecular formula is C25H32FN5O2S. The van der Waals surface area contributed by atoms with Crippen LogP contribution >= 0.6 is 11.8 Å². The highest BCUT2D eigenvalue weighted by Crippen LogP contribution is 2.55. The van der Waals surface area contributed by atoms with Crippen molar-refractivity contribution in [2.75, 3.05) is 31.2 Å². The van der Waals surface area contributed by atoms with Gasteiger partial charge in [0.15, 0.2) is 5.16 Å². The topological polar surface area (TPSA) is 72.3 Å². The summed E-state index contributed by atoms with van der Waals surface area (Å²) in [6.45, 7) is 4.55. The highest BCUT2D eigenvalue weighted by Gasteiger charge is 2.51. The number of anilines is 1. The number of amides is 1. The van der Waals surface area contributed by atoms with Crippen molar-refractivity contribution in [2.24, 2.45) is 17.8 Å². The van der Waals surface area contributed by atoms with Gasteiger partial charge in [-0.1, -0.05) is 17.8 Å². The van der Waals surface area contributed by atoms with Gasteiger partial charge in [0.2, 0.25) is 11.9 Å². The first-order chi connectivity index (χ1) is 16.5. The summed E-state index contributed by atoms with van der Waals surface area (Å²) in [7, 11) is 0. The molecule has 1 aromatic heterocycles. The molecule has 4 aliphatic carbocycles. The maximum Gasteiger partial charge on any atom is 0.233 e. The summed E-state index contributed by atoms with van der Waals surface area (Å²) >= 11 is 1.39. The monoisotopic (exact) mass is 485 g/mol. The number of carbonyl (C=O) groups excluding carboxylic acids is 1. The van der Waals surface area contributed by atoms with Crippen LogP contribution in [0.2, 0.25) is 0 Å². The second kappa shape index (κ2) is 8.82. The van der Waals surface area contributed by atoms with Gasteiger partial charge in [0.1, 0.15) is 5.82 Å². The zero-order chi connectivity index (χ0) is 23.3. The fraction of sp³-hybridized carbons (Fsp3) is 0.640. The summed E-state index contributed by atoms with van der Waals surface area (Å²) in [5, 5.41) is 12.6. The molecule has 9 heteroatoms. The predicted molar refractivity (Wildman–Crippen MR) is 129 cm³/mol. The van der Waals surface area contributed by atoms with Gasteiger partial charge in [-0.2, -0.15) is 0 Å². The van der Waals surface area contributed by atoms with E-state index < -0.39 is 0 Å². The third kappa shape index (κ3) is 4.21. The minimum Gasteiger partial charge on any atom is -0.378 e. The van der Waals surface area contributed by atoms with E-state index in [-0.39, 0.29) is 22.5 Å². The Kier molecular flexibility index (Phi) is 5.80. The van der Waals surface area contributed by atoms with Crippen LogP contribution in [-0.4, -0.2) is 57.8 Å². The molecule has 5 aliphatic rings. The molecule has 7 rings (SSSR count). The van der Waals surface area contributed by atoms with Crippen LogP contribution in [-0.2, 0) is 9.53 Å². The van der Waals surface area contributed by atoms with Gasteiger partial charge < -0.3 is 15.0 Å². The van der Waals surface area contributed by atoms with Gasteiger partial charge in [0.05, 0.1) is 24.2 Å². The Morgan fingerprint density at radius 2 is 1.82 bits per heavy atom. The minimum absolute atomic E-state index is 0.0180. The normalized spacial score (nSPS) is 31.0. The van der Waals surface area contributed by atoms with Gasteiger partial charge in [0.25, 0.3) is 0 Å². The lowest BCUT2D eigenvalue weighted by molar-refractivity contribution is -0.126. The molecule has 0 spiro atoms. The average Bonchev–Trinajstić information content (AvgIpc) is 3.22. The maximum atomic E-state index is 14.1. The third-order valence-electron chi connectivity index (χ3n) is 8.05. The molecule has 1 atom stereocenters. The van der Waals surface area contributed by atoms with E-state index in [1.165, 1.54) is 43.2 Å². The number of halogens is 1. The number of nitrogens with one attached hydrogen (secondary N) is 1. The Morgan fingerprint density at radius 1 is 1.15 bits per heavy atom. The molecule has 1 unspecified atom stereocenters. The molecular weight excluding hydrogens is 453 g/mol. The number of morpholine rings is 1. The Balaban J connectivity index is 1.23. The molecule has 4 bridgehead atoms. The number of benzene rings is 1. The lowest BCUT2D eigenvalue weighted by atomic mass is 9.53. The number of rotatable bonds is 6. The Hall–Kier alpha value is -2.13. The number of ether oxygens (including phenoxy) is 1. The van der Waals surface area contributed by atoms with Crippen molar-refractivity contribution in [1.29, 1.82) is 0 Å². The summed E-state index contributed by atoms with van der Waals surface area (Å²) in [5.41, 5.74) is 0.637. The smallest absolute Gasteiger partial charge is 0.233 e. The number of carbonyl (C=O) groups is 1. The van der Waals surface area contributed by atoms with E-state index in [4.69, 9.17) is 4.74 Å². The van der Waals surface area contributed by atoms with Crippen molar-refractivity contribution in [2.45, 2.75) is 61.4 Å². The van der Waals surface area contributed by atoms with E-state index in [0.29, 0.717) is 43.1 Å². The van der Waals surface area contributed by atoms with Gasteiger partial charge in [-0.3, -0.25) is 9.36 Å². The summed E-state index contributed by atoms with van der Waals surface area (Å²) in [6.07, 6.45) is 7.43. The molecule has 4 saturated carbocycles. The van der Waals surface area contributed by atoms with Crippen molar-refractivity contribution >= 4 is 23.6 Å². The maximum absolute atomic E-state index is 14.1. The van der Waals surface area contributed by atoms with Crippen molar-refractivity contribution in [3.63, 3.8) is 0 Å². The number of aromatic nitrogens is 3. The first-order valence-electron chi connectivity index (χ1n) is 12.5. The summed E-state index contributed by atoms with van der Waals surface area (Å²) in [5.74, 6) is 2.74. The summed E-state index contributed by atoms with van der Waals surface area (Å²) < 4.78 is 21.5. The van der Waals surface area contributed by atoms with Crippen LogP contribution in [0.4, 0.5) is 10.3 Å². The fourth-order valence-corrected chi connectivity index (χ4v) is 7.85. The Labute approximate surface area is 203 Å². The molecule has 2 aromatic rings. The first-order valence-corrected chi connectivity index (χ1v) is 13.4. The second-order valence-electron chi connectivity index (χ2n) is 10.6. The van der Waals surface area contributed by atoms with E-state index in [1.807, 2.05) is 17.6 Å². The van der Waals surface area contributed by atoms with Crippen LogP contribution in [0.15, 0.2) is 29.4 Å². The van der Waals surface area contributed by atoms with E-state index in [2.05, 4.69) is 20.4 Å². The van der Waals surface area contributed by atoms with Gasteiger partial charge in [-0.05, 0) is 81.4 Å². The van der Waals surface area contributed by atoms with Crippen molar-refractivity contribution in [3.05, 3.63) is 30.1 Å². The molecule has 1 amide bonds. The molecule has 0 radical (unpaired) electrons. The van der Waals surface area contributed by atoms with E-state index in [1.54, 1.807) is 6.07 Å². The molecule has 1 saturated heterocycles. The number of thioether (sulfide) groups is 1. The molecule has 182 valence electrons. The highest BCUT2D eigenvalue weighted by atomic mass is 32.2. The van der Waals surface area contributed by atoms with Crippen molar-refractivity contribution < 1.29 is 13.9 Å². The van der Waals surface area contributed by atoms with Crippen LogP contribution in [0.25, 0.3) is 5.69 Å². The first kappa shape index (κ1) is 22.3. The second-order valence-corrected chi connectivity index (χ2v) is 12.0. The number of nitrogens with zero attached hydrogens (tertiary/aromatic N) is 4. The lowest BCUT2D eigenvalue weighted by Gasteiger charge is -2.57. The summed E-state index contributed by atoms with van der Waals surface area (Å²) in [6, 6.07) is 6.44. The zero-order valence-electron chi connectivity index (χ0n) is 19.6. The number of hydrogen-bond donors (Lipinski definition) is 1. The average molecular weight is 486 g/mol. The van der Waals surface area contributed by atoms with Gasteiger partial charge in [-0.25, -0.2) is 4.39 Å². The number of hydrogen-bond acceptors (Lipinski definition) is 6. The van der Waals surface area contributed by atoms with Crippen LogP contribution in [0, 0.1) is 23.6 Å². The molecule has 1 N–H and O–H groups in total. The predicted octanol–water partition coefficient (Wildman–Crippen LogP) is 3.81. The third-order valence-corrected chi connectivity index (χ3v) is 9.10. The molecule has 34 heavy (non-hydrogen) atoms. The largest absolute Gasteiger partial charge is 0.378 e. The molecule has 7 nitrogen and oxygen atoms in total. The fourth-order valence-electron chi connectivity index (χ4n) is 6.99. The highest BCUT2D eigenvalue weighted by molar-refractivity contribution is 8.00. The Bertz CT molecular complexity index is 1030. The van der Waals surface area contributed by atoms with Gasteiger partial charge >= 0.3 is 0 Å². The van der Waals surface area contributed by atoms with Crippen molar-refractivity contribution in [3.8, 4) is 5.69 Å². The van der Waals surface area contributed by atoms with Crippen LogP contribution < -0.4 is 10.2 Å². The van der Waals surface area contributed by atoms with E-state index >= 15 is 0 Å². The van der Waals surface area contributed by atoms with Crippen molar-refractivity contribution in [1.82, 2.24) is 20.1 Å². The minimum atomic E-state index is -0.331. The zero-order valence-corrected chi connectivity index (χ0v) is 20.4. The van der Waals surface area contributed by atoms with Gasteiger partial charge in [0, 0.05) is 18.6 Å². The van der Waals surface area contributed by atoms with Gasteiger partial charge in [-0.15, -0.1) is 10.2 Å². The molecule has 1 aliphatic heterocycles. The molecule has 5 fully saturated rings. The van der Waals surface area contributed by atoms with Crippen LogP contribution in [0.5, 0.6) is 0 Å². The Morgan fingerprint density at radius 3 is 2.47 bits per heavy atom. The van der Waals surface area contributed by atoms with E-state index in [0.717, 1.165) is 37.0 Å². The van der Waals surface area contributed by atoms with E-state index in [9.17, 15) is 9.18 Å². The lowest BCUT2D eigenvalue weighted by Crippen LogP contribution is -2.60. The molecule has 2 heterocycles.